The van der Waals surface area contributed by atoms with Crippen LogP contribution in [0.4, 0.5) is 0 Å². The largest absolute Gasteiger partial charge is 0.286 e. The lowest BCUT2D eigenvalue weighted by Crippen LogP contribution is -2.14. The minimum atomic E-state index is 0.0730. The van der Waals surface area contributed by atoms with Crippen LogP contribution in [0, 0.1) is 0 Å². The van der Waals surface area contributed by atoms with Gasteiger partial charge in [-0.25, -0.2) is 9.97 Å². The van der Waals surface area contributed by atoms with Gasteiger partial charge in [0.1, 0.15) is 12.0 Å². The average Bonchev–Trinajstić information content (AvgIpc) is 2.72. The van der Waals surface area contributed by atoms with E-state index >= 15 is 0 Å². The standard InChI is InChI=1S/C14H15N3/c1-14(2,3)12-8-15-13-10-6-4-5-7-11(10)16-9-17(12)13/h4-9H,1-3H3. The normalized spacial score (nSPS) is 12.4. The number of hydrogen-bond acceptors (Lipinski definition) is 2. The summed E-state index contributed by atoms with van der Waals surface area (Å²) >= 11 is 0. The third kappa shape index (κ3) is 1.50. The van der Waals surface area contributed by atoms with E-state index in [9.17, 15) is 0 Å². The predicted octanol–water partition coefficient (Wildman–Crippen LogP) is 3.18. The predicted molar refractivity (Wildman–Crippen MR) is 69.2 cm³/mol. The number of aromatic nitrogens is 3. The number of para-hydroxylation sites is 1. The molecule has 0 amide bonds. The summed E-state index contributed by atoms with van der Waals surface area (Å²) in [6, 6.07) is 8.10. The first kappa shape index (κ1) is 10.3. The van der Waals surface area contributed by atoms with Crippen LogP contribution < -0.4 is 0 Å². The molecular weight excluding hydrogens is 210 g/mol. The maximum absolute atomic E-state index is 4.54. The molecule has 2 heterocycles. The summed E-state index contributed by atoms with van der Waals surface area (Å²) in [6.07, 6.45) is 3.81. The van der Waals surface area contributed by atoms with E-state index in [2.05, 4.69) is 41.2 Å². The van der Waals surface area contributed by atoms with E-state index in [1.165, 1.54) is 5.69 Å². The van der Waals surface area contributed by atoms with Crippen LogP contribution in [0.25, 0.3) is 16.6 Å². The number of benzene rings is 1. The number of hydrogen-bond donors (Lipinski definition) is 0. The summed E-state index contributed by atoms with van der Waals surface area (Å²) in [7, 11) is 0. The van der Waals surface area contributed by atoms with Crippen molar-refractivity contribution < 1.29 is 0 Å². The first-order chi connectivity index (χ1) is 8.07. The number of imidazole rings is 1. The molecule has 3 rings (SSSR count). The molecule has 0 fully saturated rings. The van der Waals surface area contributed by atoms with Crippen molar-refractivity contribution in [2.75, 3.05) is 0 Å². The molecule has 1 aromatic carbocycles. The fraction of sp³-hybridized carbons (Fsp3) is 0.286. The summed E-state index contributed by atoms with van der Waals surface area (Å²) in [5.41, 5.74) is 3.24. The lowest BCUT2D eigenvalue weighted by atomic mass is 9.93. The van der Waals surface area contributed by atoms with Gasteiger partial charge in [0.25, 0.3) is 0 Å². The van der Waals surface area contributed by atoms with Crippen molar-refractivity contribution >= 4 is 16.6 Å². The van der Waals surface area contributed by atoms with Gasteiger partial charge in [-0.3, -0.25) is 4.40 Å². The van der Waals surface area contributed by atoms with Crippen LogP contribution in [0.1, 0.15) is 26.5 Å². The molecule has 3 nitrogen and oxygen atoms in total. The van der Waals surface area contributed by atoms with Crippen molar-refractivity contribution in [3.63, 3.8) is 0 Å². The van der Waals surface area contributed by atoms with E-state index in [1.54, 1.807) is 0 Å². The van der Waals surface area contributed by atoms with Crippen molar-refractivity contribution in [1.29, 1.82) is 0 Å². The van der Waals surface area contributed by atoms with Gasteiger partial charge < -0.3 is 0 Å². The SMILES string of the molecule is CC(C)(C)c1cnc2c3ccccc3ncn12. The second-order valence-corrected chi connectivity index (χ2v) is 5.35. The topological polar surface area (TPSA) is 30.2 Å². The van der Waals surface area contributed by atoms with Gasteiger partial charge >= 0.3 is 0 Å². The average molecular weight is 225 g/mol. The van der Waals surface area contributed by atoms with Gasteiger partial charge in [-0.2, -0.15) is 0 Å². The van der Waals surface area contributed by atoms with Gasteiger partial charge in [-0.15, -0.1) is 0 Å². The van der Waals surface area contributed by atoms with Crippen LogP contribution >= 0.6 is 0 Å². The first-order valence-electron chi connectivity index (χ1n) is 5.79. The Bertz CT molecular complexity index is 689. The highest BCUT2D eigenvalue weighted by atomic mass is 15.1. The van der Waals surface area contributed by atoms with Crippen LogP contribution in [0.3, 0.4) is 0 Å². The number of nitrogens with zero attached hydrogens (tertiary/aromatic N) is 3. The molecule has 0 aliphatic rings. The second-order valence-electron chi connectivity index (χ2n) is 5.35. The Balaban J connectivity index is 2.43. The Morgan fingerprint density at radius 1 is 1.06 bits per heavy atom. The van der Waals surface area contributed by atoms with E-state index in [0.717, 1.165) is 16.6 Å². The minimum Gasteiger partial charge on any atom is -0.286 e. The van der Waals surface area contributed by atoms with Crippen LogP contribution in [0.15, 0.2) is 36.8 Å². The zero-order valence-corrected chi connectivity index (χ0v) is 10.3. The molecule has 0 aliphatic carbocycles. The zero-order chi connectivity index (χ0) is 12.0. The van der Waals surface area contributed by atoms with Crippen LogP contribution in [-0.4, -0.2) is 14.4 Å². The molecule has 0 aliphatic heterocycles. The van der Waals surface area contributed by atoms with Crippen LogP contribution in [0.2, 0.25) is 0 Å². The molecule has 0 N–H and O–H groups in total. The highest BCUT2D eigenvalue weighted by molar-refractivity contribution is 5.91. The third-order valence-electron chi connectivity index (χ3n) is 3.02. The van der Waals surface area contributed by atoms with Crippen molar-refractivity contribution in [1.82, 2.24) is 14.4 Å². The molecule has 0 saturated heterocycles. The van der Waals surface area contributed by atoms with Gasteiger partial charge in [0.15, 0.2) is 0 Å². The van der Waals surface area contributed by atoms with E-state index in [4.69, 9.17) is 0 Å². The lowest BCUT2D eigenvalue weighted by molar-refractivity contribution is 0.562. The molecule has 2 aromatic heterocycles. The zero-order valence-electron chi connectivity index (χ0n) is 10.3. The highest BCUT2D eigenvalue weighted by Gasteiger charge is 2.19. The molecule has 17 heavy (non-hydrogen) atoms. The van der Waals surface area contributed by atoms with Gasteiger partial charge in [0.05, 0.1) is 5.52 Å². The Hall–Kier alpha value is -1.90. The van der Waals surface area contributed by atoms with Gasteiger partial charge in [-0.05, 0) is 12.1 Å². The smallest absolute Gasteiger partial charge is 0.147 e. The molecule has 0 spiro atoms. The van der Waals surface area contributed by atoms with Crippen molar-refractivity contribution in [3.05, 3.63) is 42.5 Å². The summed E-state index contributed by atoms with van der Waals surface area (Å²) in [6.45, 7) is 6.56. The van der Waals surface area contributed by atoms with Crippen molar-refractivity contribution in [2.24, 2.45) is 0 Å². The van der Waals surface area contributed by atoms with Gasteiger partial charge in [-0.1, -0.05) is 32.9 Å². The quantitative estimate of drug-likeness (QED) is 0.588. The fourth-order valence-corrected chi connectivity index (χ4v) is 2.13. The molecule has 3 heteroatoms. The summed E-state index contributed by atoms with van der Waals surface area (Å²) < 4.78 is 2.09. The molecular formula is C14H15N3. The summed E-state index contributed by atoms with van der Waals surface area (Å²) in [5, 5.41) is 1.10. The van der Waals surface area contributed by atoms with Crippen molar-refractivity contribution in [3.8, 4) is 0 Å². The molecule has 0 atom stereocenters. The molecule has 0 radical (unpaired) electrons. The maximum Gasteiger partial charge on any atom is 0.147 e. The van der Waals surface area contributed by atoms with E-state index in [-0.39, 0.29) is 5.41 Å². The number of fused-ring (bicyclic) bond motifs is 3. The molecule has 3 aromatic rings. The van der Waals surface area contributed by atoms with Crippen LogP contribution in [-0.2, 0) is 5.41 Å². The summed E-state index contributed by atoms with van der Waals surface area (Å²) in [4.78, 5) is 9.01. The molecule has 0 saturated carbocycles. The Labute approximate surface area is 100 Å². The van der Waals surface area contributed by atoms with Crippen molar-refractivity contribution in [2.45, 2.75) is 26.2 Å². The highest BCUT2D eigenvalue weighted by Crippen LogP contribution is 2.25. The fourth-order valence-electron chi connectivity index (χ4n) is 2.13. The molecule has 86 valence electrons. The van der Waals surface area contributed by atoms with Gasteiger partial charge in [0, 0.05) is 22.7 Å². The molecule has 0 bridgehead atoms. The van der Waals surface area contributed by atoms with Gasteiger partial charge in [0.2, 0.25) is 0 Å². The Morgan fingerprint density at radius 2 is 1.82 bits per heavy atom. The first-order valence-corrected chi connectivity index (χ1v) is 5.79. The monoisotopic (exact) mass is 225 g/mol. The van der Waals surface area contributed by atoms with Crippen LogP contribution in [0.5, 0.6) is 0 Å². The van der Waals surface area contributed by atoms with E-state index in [0.29, 0.717) is 0 Å². The third-order valence-corrected chi connectivity index (χ3v) is 3.02. The lowest BCUT2D eigenvalue weighted by Gasteiger charge is -2.17. The molecule has 0 unspecified atom stereocenters. The maximum atomic E-state index is 4.54. The Morgan fingerprint density at radius 3 is 2.59 bits per heavy atom. The number of rotatable bonds is 0. The minimum absolute atomic E-state index is 0.0730. The summed E-state index contributed by atoms with van der Waals surface area (Å²) in [5.74, 6) is 0. The van der Waals surface area contributed by atoms with E-state index < -0.39 is 0 Å². The Kier molecular flexibility index (Phi) is 1.99. The van der Waals surface area contributed by atoms with E-state index in [1.807, 2.05) is 30.7 Å². The second kappa shape index (κ2) is 3.29.